The highest BCUT2D eigenvalue weighted by Gasteiger charge is 2.50. The summed E-state index contributed by atoms with van der Waals surface area (Å²) < 4.78 is 18.9. The molecule has 4 aliphatic rings. The number of carbonyl (C=O) groups excluding carboxylic acids is 1. The van der Waals surface area contributed by atoms with Crippen LogP contribution in [0.4, 0.5) is 4.39 Å². The van der Waals surface area contributed by atoms with Crippen molar-refractivity contribution < 1.29 is 19.0 Å². The highest BCUT2D eigenvalue weighted by atomic mass is 19.1. The quantitative estimate of drug-likeness (QED) is 0.645. The summed E-state index contributed by atoms with van der Waals surface area (Å²) in [5, 5.41) is 10.4. The topological polar surface area (TPSA) is 53.0 Å². The Labute approximate surface area is 184 Å². The van der Waals surface area contributed by atoms with Crippen molar-refractivity contribution in [1.82, 2.24) is 9.80 Å². The van der Waals surface area contributed by atoms with Gasteiger partial charge >= 0.3 is 0 Å². The van der Waals surface area contributed by atoms with Crippen LogP contribution in [0.5, 0.6) is 0 Å². The van der Waals surface area contributed by atoms with Crippen LogP contribution in [0.25, 0.3) is 0 Å². The minimum absolute atomic E-state index is 0.0667. The molecule has 31 heavy (non-hydrogen) atoms. The molecule has 2 fully saturated rings. The second kappa shape index (κ2) is 9.39. The zero-order valence-corrected chi connectivity index (χ0v) is 18.7. The molecule has 5 nitrogen and oxygen atoms in total. The monoisotopic (exact) mass is 430 g/mol. The molecule has 1 heterocycles. The number of benzene rings is 1. The maximum atomic E-state index is 13.0. The number of β-amino-alcohol motifs (C(OH)–C–C–N with tert-alkyl or cyclic N) is 1. The molecule has 0 radical (unpaired) electrons. The fourth-order valence-corrected chi connectivity index (χ4v) is 5.37. The zero-order chi connectivity index (χ0) is 22.0. The summed E-state index contributed by atoms with van der Waals surface area (Å²) in [7, 11) is 0. The lowest BCUT2D eigenvalue weighted by Crippen LogP contribution is -2.51. The molecule has 3 atom stereocenters. The molecule has 1 N–H and O–H groups in total. The van der Waals surface area contributed by atoms with E-state index in [9.17, 15) is 14.3 Å². The Kier molecular flexibility index (Phi) is 6.80. The van der Waals surface area contributed by atoms with Crippen molar-refractivity contribution in [2.45, 2.75) is 39.2 Å². The summed E-state index contributed by atoms with van der Waals surface area (Å²) in [4.78, 5) is 16.5. The molecule has 0 spiro atoms. The Balaban J connectivity index is 1.13. The highest BCUT2D eigenvalue weighted by Crippen LogP contribution is 2.59. The lowest BCUT2D eigenvalue weighted by Gasteiger charge is -2.56. The van der Waals surface area contributed by atoms with Crippen molar-refractivity contribution in [3.63, 3.8) is 0 Å². The van der Waals surface area contributed by atoms with Gasteiger partial charge in [-0.05, 0) is 53.4 Å². The van der Waals surface area contributed by atoms with Crippen LogP contribution in [0.1, 0.15) is 32.3 Å². The van der Waals surface area contributed by atoms with E-state index >= 15 is 0 Å². The fourth-order valence-electron chi connectivity index (χ4n) is 5.37. The molecule has 1 amide bonds. The number of halogens is 1. The first kappa shape index (κ1) is 22.4. The molecule has 3 unspecified atom stereocenters. The molecule has 170 valence electrons. The average molecular weight is 431 g/mol. The fraction of sp³-hybridized carbons (Fsp3) is 0.640. The van der Waals surface area contributed by atoms with E-state index < -0.39 is 6.10 Å². The van der Waals surface area contributed by atoms with Gasteiger partial charge in [-0.3, -0.25) is 9.69 Å². The minimum atomic E-state index is -0.521. The second-order valence-corrected chi connectivity index (χ2v) is 9.97. The van der Waals surface area contributed by atoms with E-state index in [1.165, 1.54) is 24.1 Å². The molecule has 2 bridgehead atoms. The number of allylic oxidation sites excluding steroid dienone is 1. The third-order valence-electron chi connectivity index (χ3n) is 7.62. The number of nitrogens with zero attached hydrogens (tertiary/aromatic N) is 2. The maximum Gasteiger partial charge on any atom is 0.227 e. The second-order valence-electron chi connectivity index (χ2n) is 9.97. The third kappa shape index (κ3) is 5.18. The summed E-state index contributed by atoms with van der Waals surface area (Å²) in [6.45, 7) is 9.05. The van der Waals surface area contributed by atoms with Gasteiger partial charge in [-0.1, -0.05) is 32.1 Å². The SMILES string of the molecule is CC1(C)C2CC=C(COCC(O)CN3CCN(C(=O)Cc4ccc(F)cc4)CC3)C1C2. The third-order valence-corrected chi connectivity index (χ3v) is 7.62. The Bertz CT molecular complexity index is 799. The van der Waals surface area contributed by atoms with Gasteiger partial charge in [0.1, 0.15) is 5.82 Å². The molecule has 5 rings (SSSR count). The number of hydrogen-bond donors (Lipinski definition) is 1. The molecule has 3 aliphatic carbocycles. The number of piperazine rings is 1. The first-order valence-electron chi connectivity index (χ1n) is 11.5. The number of aliphatic hydroxyl groups is 1. The van der Waals surface area contributed by atoms with Crippen molar-refractivity contribution in [3.05, 3.63) is 47.3 Å². The lowest BCUT2D eigenvalue weighted by molar-refractivity contribution is -0.132. The standard InChI is InChI=1S/C25H35FN2O3/c1-25(2)20-6-5-19(23(25)14-20)16-31-17-22(29)15-27-9-11-28(12-10-27)24(30)13-18-3-7-21(26)8-4-18/h3-5,7-8,20,22-23,29H,6,9-17H2,1-2H3. The first-order chi connectivity index (χ1) is 14.8. The molecule has 0 aromatic heterocycles. The Morgan fingerprint density at radius 3 is 2.58 bits per heavy atom. The van der Waals surface area contributed by atoms with Gasteiger partial charge < -0.3 is 14.7 Å². The van der Waals surface area contributed by atoms with E-state index in [1.54, 1.807) is 12.1 Å². The molecule has 1 saturated heterocycles. The van der Waals surface area contributed by atoms with E-state index in [4.69, 9.17) is 4.74 Å². The zero-order valence-electron chi connectivity index (χ0n) is 18.7. The van der Waals surface area contributed by atoms with Crippen LogP contribution < -0.4 is 0 Å². The normalized spacial score (nSPS) is 26.2. The van der Waals surface area contributed by atoms with Crippen LogP contribution >= 0.6 is 0 Å². The molecule has 6 heteroatoms. The summed E-state index contributed by atoms with van der Waals surface area (Å²) >= 11 is 0. The number of aliphatic hydroxyl groups excluding tert-OH is 1. The first-order valence-corrected chi connectivity index (χ1v) is 11.5. The van der Waals surface area contributed by atoms with E-state index in [0.29, 0.717) is 50.6 Å². The summed E-state index contributed by atoms with van der Waals surface area (Å²) in [6.07, 6.45) is 4.57. The molecular weight excluding hydrogens is 395 g/mol. The Hall–Kier alpha value is -1.76. The van der Waals surface area contributed by atoms with E-state index in [2.05, 4.69) is 24.8 Å². The number of carbonyl (C=O) groups is 1. The number of ether oxygens (including phenoxy) is 1. The Morgan fingerprint density at radius 1 is 1.23 bits per heavy atom. The lowest BCUT2D eigenvalue weighted by atomic mass is 9.49. The molecule has 1 aliphatic heterocycles. The van der Waals surface area contributed by atoms with Gasteiger partial charge in [-0.2, -0.15) is 0 Å². The van der Waals surface area contributed by atoms with Crippen molar-refractivity contribution in [1.29, 1.82) is 0 Å². The average Bonchev–Trinajstić information content (AvgIpc) is 2.76. The van der Waals surface area contributed by atoms with Crippen LogP contribution in [0.15, 0.2) is 35.9 Å². The van der Waals surface area contributed by atoms with Crippen molar-refractivity contribution in [2.24, 2.45) is 17.3 Å². The van der Waals surface area contributed by atoms with Crippen molar-refractivity contribution >= 4 is 5.91 Å². The van der Waals surface area contributed by atoms with Crippen LogP contribution in [0, 0.1) is 23.1 Å². The molecular formula is C25H35FN2O3. The summed E-state index contributed by atoms with van der Waals surface area (Å²) in [5.74, 6) is 1.25. The van der Waals surface area contributed by atoms with Gasteiger partial charge in [0, 0.05) is 32.7 Å². The molecule has 1 saturated carbocycles. The van der Waals surface area contributed by atoms with Gasteiger partial charge in [0.05, 0.1) is 25.7 Å². The van der Waals surface area contributed by atoms with Gasteiger partial charge in [-0.15, -0.1) is 0 Å². The van der Waals surface area contributed by atoms with E-state index in [1.807, 2.05) is 4.90 Å². The maximum absolute atomic E-state index is 13.0. The Morgan fingerprint density at radius 2 is 1.94 bits per heavy atom. The van der Waals surface area contributed by atoms with Gasteiger partial charge in [0.2, 0.25) is 5.91 Å². The van der Waals surface area contributed by atoms with Crippen LogP contribution in [-0.2, 0) is 16.0 Å². The van der Waals surface area contributed by atoms with E-state index in [0.717, 1.165) is 31.0 Å². The summed E-state index contributed by atoms with van der Waals surface area (Å²) in [6, 6.07) is 6.10. The van der Waals surface area contributed by atoms with Crippen LogP contribution in [0.2, 0.25) is 0 Å². The predicted molar refractivity (Wildman–Crippen MR) is 118 cm³/mol. The van der Waals surface area contributed by atoms with Gasteiger partial charge in [0.15, 0.2) is 0 Å². The number of rotatable bonds is 8. The van der Waals surface area contributed by atoms with Gasteiger partial charge in [0.25, 0.3) is 0 Å². The number of fused-ring (bicyclic) bond motifs is 1. The van der Waals surface area contributed by atoms with Gasteiger partial charge in [-0.25, -0.2) is 4.39 Å². The van der Waals surface area contributed by atoms with E-state index in [-0.39, 0.29) is 11.7 Å². The van der Waals surface area contributed by atoms with Crippen molar-refractivity contribution in [3.8, 4) is 0 Å². The minimum Gasteiger partial charge on any atom is -0.389 e. The van der Waals surface area contributed by atoms with Crippen LogP contribution in [-0.4, -0.2) is 72.9 Å². The number of hydrogen-bond acceptors (Lipinski definition) is 4. The largest absolute Gasteiger partial charge is 0.389 e. The van der Waals surface area contributed by atoms with Crippen LogP contribution in [0.3, 0.4) is 0 Å². The predicted octanol–water partition coefficient (Wildman–Crippen LogP) is 2.88. The highest BCUT2D eigenvalue weighted by molar-refractivity contribution is 5.78. The molecule has 1 aromatic carbocycles. The van der Waals surface area contributed by atoms with Crippen molar-refractivity contribution in [2.75, 3.05) is 45.9 Å². The number of amides is 1. The smallest absolute Gasteiger partial charge is 0.227 e. The molecule has 1 aromatic rings. The summed E-state index contributed by atoms with van der Waals surface area (Å²) in [5.41, 5.74) is 2.64.